The molecule has 1 aromatic heterocycles. The summed E-state index contributed by atoms with van der Waals surface area (Å²) >= 11 is 0. The third kappa shape index (κ3) is 2.97. The Bertz CT molecular complexity index is 397. The van der Waals surface area contributed by atoms with Crippen LogP contribution in [0.15, 0.2) is 6.20 Å². The van der Waals surface area contributed by atoms with Gasteiger partial charge in [0.05, 0.1) is 5.69 Å². The summed E-state index contributed by atoms with van der Waals surface area (Å²) in [5, 5.41) is 0. The maximum atomic E-state index is 6.05. The van der Waals surface area contributed by atoms with Crippen molar-refractivity contribution >= 4 is 5.69 Å². The molecule has 0 unspecified atom stereocenters. The number of nitrogens with zero attached hydrogens (tertiary/aromatic N) is 2. The number of hydrogen-bond acceptors (Lipinski definition) is 3. The smallest absolute Gasteiger partial charge is 0.0593 e. The second kappa shape index (κ2) is 5.05. The summed E-state index contributed by atoms with van der Waals surface area (Å²) in [6, 6.07) is 0. The van der Waals surface area contributed by atoms with E-state index >= 15 is 0 Å². The standard InChI is InChI=1S/C14H23N3/c1-4-17(8-12-5-6-12)9-13-11(3)14(15)10(2)7-16-13/h7,12H,4-6,8-9H2,1-3H3,(H2,15,16). The number of hydrogen-bond donors (Lipinski definition) is 1. The summed E-state index contributed by atoms with van der Waals surface area (Å²) in [7, 11) is 0. The highest BCUT2D eigenvalue weighted by atomic mass is 15.1. The zero-order chi connectivity index (χ0) is 12.4. The second-order valence-electron chi connectivity index (χ2n) is 5.20. The first-order valence-corrected chi connectivity index (χ1v) is 6.54. The number of nitrogen functional groups attached to an aromatic ring is 1. The van der Waals surface area contributed by atoms with Crippen LogP contribution in [0.3, 0.4) is 0 Å². The topological polar surface area (TPSA) is 42.2 Å². The van der Waals surface area contributed by atoms with Gasteiger partial charge in [0.15, 0.2) is 0 Å². The fourth-order valence-corrected chi connectivity index (χ4v) is 2.13. The lowest BCUT2D eigenvalue weighted by molar-refractivity contribution is 0.265. The molecule has 17 heavy (non-hydrogen) atoms. The Morgan fingerprint density at radius 3 is 2.71 bits per heavy atom. The van der Waals surface area contributed by atoms with Gasteiger partial charge in [0.25, 0.3) is 0 Å². The monoisotopic (exact) mass is 233 g/mol. The van der Waals surface area contributed by atoms with E-state index in [1.807, 2.05) is 13.1 Å². The number of anilines is 1. The highest BCUT2D eigenvalue weighted by Gasteiger charge is 2.24. The Hall–Kier alpha value is -1.09. The molecule has 0 spiro atoms. The van der Waals surface area contributed by atoms with E-state index in [1.165, 1.54) is 19.4 Å². The molecule has 0 bridgehead atoms. The molecule has 2 rings (SSSR count). The van der Waals surface area contributed by atoms with Gasteiger partial charge in [-0.2, -0.15) is 0 Å². The number of aryl methyl sites for hydroxylation is 1. The zero-order valence-corrected chi connectivity index (χ0v) is 11.2. The van der Waals surface area contributed by atoms with Crippen molar-refractivity contribution in [1.29, 1.82) is 0 Å². The van der Waals surface area contributed by atoms with E-state index < -0.39 is 0 Å². The van der Waals surface area contributed by atoms with Gasteiger partial charge in [-0.15, -0.1) is 0 Å². The molecule has 94 valence electrons. The van der Waals surface area contributed by atoms with Gasteiger partial charge in [-0.1, -0.05) is 6.92 Å². The second-order valence-corrected chi connectivity index (χ2v) is 5.20. The molecule has 0 aromatic carbocycles. The molecule has 1 fully saturated rings. The minimum absolute atomic E-state index is 0.900. The molecule has 1 heterocycles. The van der Waals surface area contributed by atoms with E-state index in [9.17, 15) is 0 Å². The Morgan fingerprint density at radius 2 is 2.12 bits per heavy atom. The van der Waals surface area contributed by atoms with Gasteiger partial charge in [0, 0.05) is 25.0 Å². The van der Waals surface area contributed by atoms with E-state index in [-0.39, 0.29) is 0 Å². The van der Waals surface area contributed by atoms with Crippen molar-refractivity contribution in [1.82, 2.24) is 9.88 Å². The van der Waals surface area contributed by atoms with E-state index in [1.54, 1.807) is 0 Å². The molecular formula is C14H23N3. The quantitative estimate of drug-likeness (QED) is 0.849. The summed E-state index contributed by atoms with van der Waals surface area (Å²) in [5.74, 6) is 0.929. The lowest BCUT2D eigenvalue weighted by Crippen LogP contribution is -2.26. The van der Waals surface area contributed by atoms with Crippen molar-refractivity contribution in [2.75, 3.05) is 18.8 Å². The first kappa shape index (κ1) is 12.4. The molecule has 3 heteroatoms. The summed E-state index contributed by atoms with van der Waals surface area (Å²) in [6.45, 7) is 9.55. The first-order valence-electron chi connectivity index (χ1n) is 6.54. The fourth-order valence-electron chi connectivity index (χ4n) is 2.13. The van der Waals surface area contributed by atoms with E-state index in [0.717, 1.165) is 41.5 Å². The molecule has 3 nitrogen and oxygen atoms in total. The van der Waals surface area contributed by atoms with Crippen LogP contribution in [0.25, 0.3) is 0 Å². The third-order valence-electron chi connectivity index (χ3n) is 3.71. The van der Waals surface area contributed by atoms with Gasteiger partial charge in [-0.05, 0) is 50.3 Å². The third-order valence-corrected chi connectivity index (χ3v) is 3.71. The lowest BCUT2D eigenvalue weighted by Gasteiger charge is -2.21. The summed E-state index contributed by atoms with van der Waals surface area (Å²) < 4.78 is 0. The fraction of sp³-hybridized carbons (Fsp3) is 0.643. The van der Waals surface area contributed by atoms with Crippen molar-refractivity contribution < 1.29 is 0 Å². The summed E-state index contributed by atoms with van der Waals surface area (Å²) in [6.07, 6.45) is 4.69. The average Bonchev–Trinajstić information content (AvgIpc) is 3.12. The van der Waals surface area contributed by atoms with Gasteiger partial charge < -0.3 is 5.73 Å². The van der Waals surface area contributed by atoms with Crippen molar-refractivity contribution in [3.8, 4) is 0 Å². The van der Waals surface area contributed by atoms with Crippen LogP contribution in [0, 0.1) is 19.8 Å². The summed E-state index contributed by atoms with van der Waals surface area (Å²) in [5.41, 5.74) is 10.3. The average molecular weight is 233 g/mol. The van der Waals surface area contributed by atoms with Crippen LogP contribution in [0.1, 0.15) is 36.6 Å². The highest BCUT2D eigenvalue weighted by Crippen LogP contribution is 2.30. The predicted molar refractivity (Wildman–Crippen MR) is 71.8 cm³/mol. The van der Waals surface area contributed by atoms with E-state index in [4.69, 9.17) is 5.73 Å². The molecule has 0 radical (unpaired) electrons. The zero-order valence-electron chi connectivity index (χ0n) is 11.2. The molecule has 1 aliphatic carbocycles. The van der Waals surface area contributed by atoms with Crippen LogP contribution in [-0.4, -0.2) is 23.0 Å². The van der Waals surface area contributed by atoms with Crippen molar-refractivity contribution in [3.05, 3.63) is 23.0 Å². The lowest BCUT2D eigenvalue weighted by atomic mass is 10.1. The van der Waals surface area contributed by atoms with E-state index in [2.05, 4.69) is 23.7 Å². The molecule has 1 aromatic rings. The number of rotatable bonds is 5. The molecule has 0 aliphatic heterocycles. The molecule has 0 saturated heterocycles. The van der Waals surface area contributed by atoms with E-state index in [0.29, 0.717) is 0 Å². The number of nitrogens with two attached hydrogens (primary N) is 1. The van der Waals surface area contributed by atoms with Gasteiger partial charge >= 0.3 is 0 Å². The van der Waals surface area contributed by atoms with Crippen molar-refractivity contribution in [3.63, 3.8) is 0 Å². The van der Waals surface area contributed by atoms with Gasteiger partial charge in [-0.25, -0.2) is 0 Å². The predicted octanol–water partition coefficient (Wildman–Crippen LogP) is 2.51. The van der Waals surface area contributed by atoms with Crippen LogP contribution in [0.4, 0.5) is 5.69 Å². The minimum Gasteiger partial charge on any atom is -0.398 e. The maximum Gasteiger partial charge on any atom is 0.0593 e. The first-order chi connectivity index (χ1) is 8.11. The Labute approximate surface area is 104 Å². The Kier molecular flexibility index (Phi) is 3.67. The van der Waals surface area contributed by atoms with Crippen LogP contribution in [0.5, 0.6) is 0 Å². The van der Waals surface area contributed by atoms with Crippen LogP contribution in [-0.2, 0) is 6.54 Å². The highest BCUT2D eigenvalue weighted by molar-refractivity contribution is 5.53. The largest absolute Gasteiger partial charge is 0.398 e. The molecule has 0 atom stereocenters. The molecule has 1 saturated carbocycles. The van der Waals surface area contributed by atoms with Gasteiger partial charge in [-0.3, -0.25) is 9.88 Å². The van der Waals surface area contributed by atoms with Crippen molar-refractivity contribution in [2.24, 2.45) is 5.92 Å². The summed E-state index contributed by atoms with van der Waals surface area (Å²) in [4.78, 5) is 7.01. The molecule has 2 N–H and O–H groups in total. The van der Waals surface area contributed by atoms with Crippen LogP contribution >= 0.6 is 0 Å². The van der Waals surface area contributed by atoms with Gasteiger partial charge in [0.1, 0.15) is 0 Å². The Balaban J connectivity index is 2.08. The minimum atomic E-state index is 0.900. The molecule has 0 amide bonds. The number of aromatic nitrogens is 1. The van der Waals surface area contributed by atoms with Crippen LogP contribution < -0.4 is 5.73 Å². The molecule has 1 aliphatic rings. The number of pyridine rings is 1. The van der Waals surface area contributed by atoms with Gasteiger partial charge in [0.2, 0.25) is 0 Å². The SMILES string of the molecule is CCN(Cc1ncc(C)c(N)c1C)CC1CC1. The maximum absolute atomic E-state index is 6.05. The van der Waals surface area contributed by atoms with Crippen LogP contribution in [0.2, 0.25) is 0 Å². The molecular weight excluding hydrogens is 210 g/mol. The Morgan fingerprint density at radius 1 is 1.41 bits per heavy atom. The normalized spacial score (nSPS) is 15.5. The van der Waals surface area contributed by atoms with Crippen molar-refractivity contribution in [2.45, 2.75) is 40.2 Å².